The van der Waals surface area contributed by atoms with Gasteiger partial charge in [0.05, 0.1) is 29.3 Å². The van der Waals surface area contributed by atoms with Gasteiger partial charge in [-0.15, -0.1) is 0 Å². The first kappa shape index (κ1) is 20.7. The zero-order chi connectivity index (χ0) is 19.7. The number of hydrogen-bond donors (Lipinski definition) is 1. The van der Waals surface area contributed by atoms with Gasteiger partial charge in [-0.2, -0.15) is 0 Å². The van der Waals surface area contributed by atoms with Gasteiger partial charge < -0.3 is 10.1 Å². The molecule has 0 aliphatic rings. The Morgan fingerprint density at radius 3 is 2.56 bits per heavy atom. The Morgan fingerprint density at radius 1 is 1.11 bits per heavy atom. The van der Waals surface area contributed by atoms with Crippen molar-refractivity contribution in [1.82, 2.24) is 4.98 Å². The van der Waals surface area contributed by atoms with Crippen LogP contribution in [0.3, 0.4) is 0 Å². The van der Waals surface area contributed by atoms with Crippen molar-refractivity contribution in [1.29, 1.82) is 0 Å². The number of carbonyl (C=O) groups excluding carboxylic acids is 1. The van der Waals surface area contributed by atoms with Gasteiger partial charge in [0.25, 0.3) is 5.91 Å². The van der Waals surface area contributed by atoms with Gasteiger partial charge >= 0.3 is 0 Å². The van der Waals surface area contributed by atoms with Crippen LogP contribution in [0.1, 0.15) is 6.92 Å². The molecule has 0 saturated carbocycles. The molecule has 4 nitrogen and oxygen atoms in total. The topological polar surface area (TPSA) is 51.2 Å². The summed E-state index contributed by atoms with van der Waals surface area (Å²) in [6, 6.07) is 8.34. The molecule has 1 atom stereocenters. The molecule has 0 bridgehead atoms. The molecule has 0 fully saturated rings. The number of amides is 1. The van der Waals surface area contributed by atoms with Crippen LogP contribution in [0, 0.1) is 3.57 Å². The van der Waals surface area contributed by atoms with E-state index in [1.165, 1.54) is 12.1 Å². The van der Waals surface area contributed by atoms with E-state index in [2.05, 4.69) is 32.9 Å². The molecule has 0 unspecified atom stereocenters. The number of fused-ring (bicyclic) bond motifs is 1. The van der Waals surface area contributed by atoms with Crippen molar-refractivity contribution in [3.05, 3.63) is 60.2 Å². The summed E-state index contributed by atoms with van der Waals surface area (Å²) >= 11 is 26.4. The Kier molecular flexibility index (Phi) is 6.58. The fourth-order valence-corrected chi connectivity index (χ4v) is 4.08. The van der Waals surface area contributed by atoms with Crippen LogP contribution in [0.25, 0.3) is 10.9 Å². The standard InChI is InChI=1S/C18H11Cl4IN2O2/c1-8(18(26)25-15-7-12(21)11(20)5-13(15)22)27-17-14(23)6-10(19)9-3-2-4-24-16(9)17/h2-8H,1H3,(H,25,26)/t8-/m1/s1. The Labute approximate surface area is 189 Å². The smallest absolute Gasteiger partial charge is 0.265 e. The molecule has 3 rings (SSSR count). The summed E-state index contributed by atoms with van der Waals surface area (Å²) in [4.78, 5) is 16.9. The van der Waals surface area contributed by atoms with Gasteiger partial charge in [-0.05, 0) is 59.8 Å². The number of aromatic nitrogens is 1. The first-order valence-electron chi connectivity index (χ1n) is 7.62. The van der Waals surface area contributed by atoms with Gasteiger partial charge in [-0.1, -0.05) is 46.4 Å². The van der Waals surface area contributed by atoms with Crippen LogP contribution in [0.15, 0.2) is 36.5 Å². The van der Waals surface area contributed by atoms with Gasteiger partial charge in [0, 0.05) is 11.6 Å². The number of carbonyl (C=O) groups is 1. The van der Waals surface area contributed by atoms with Crippen LogP contribution in [0.2, 0.25) is 20.1 Å². The summed E-state index contributed by atoms with van der Waals surface area (Å²) in [5.41, 5.74) is 0.932. The van der Waals surface area contributed by atoms with E-state index in [0.717, 1.165) is 8.96 Å². The highest BCUT2D eigenvalue weighted by Crippen LogP contribution is 2.36. The van der Waals surface area contributed by atoms with E-state index >= 15 is 0 Å². The molecule has 0 aliphatic carbocycles. The zero-order valence-electron chi connectivity index (χ0n) is 13.7. The van der Waals surface area contributed by atoms with Crippen LogP contribution in [-0.4, -0.2) is 17.0 Å². The Hall–Kier alpha value is -0.990. The van der Waals surface area contributed by atoms with E-state index in [9.17, 15) is 4.79 Å². The maximum Gasteiger partial charge on any atom is 0.265 e. The molecule has 0 spiro atoms. The van der Waals surface area contributed by atoms with Crippen LogP contribution in [-0.2, 0) is 4.79 Å². The predicted octanol–water partition coefficient (Wildman–Crippen LogP) is 6.86. The fourth-order valence-electron chi connectivity index (χ4n) is 2.34. The highest BCUT2D eigenvalue weighted by atomic mass is 127. The zero-order valence-corrected chi connectivity index (χ0v) is 18.9. The number of halogens is 5. The molecular weight excluding hydrogens is 545 g/mol. The van der Waals surface area contributed by atoms with Crippen molar-refractivity contribution in [2.24, 2.45) is 0 Å². The highest BCUT2D eigenvalue weighted by molar-refractivity contribution is 14.1. The Balaban J connectivity index is 1.86. The van der Waals surface area contributed by atoms with Crippen molar-refractivity contribution in [3.8, 4) is 5.75 Å². The fraction of sp³-hybridized carbons (Fsp3) is 0.111. The molecular formula is C18H11Cl4IN2O2. The Bertz CT molecular complexity index is 1050. The maximum atomic E-state index is 12.6. The highest BCUT2D eigenvalue weighted by Gasteiger charge is 2.21. The molecule has 2 aromatic carbocycles. The summed E-state index contributed by atoms with van der Waals surface area (Å²) in [7, 11) is 0. The molecule has 3 aromatic rings. The summed E-state index contributed by atoms with van der Waals surface area (Å²) in [5.74, 6) is 0.0867. The molecule has 1 heterocycles. The molecule has 9 heteroatoms. The second kappa shape index (κ2) is 8.57. The molecule has 27 heavy (non-hydrogen) atoms. The molecule has 1 N–H and O–H groups in total. The summed E-state index contributed by atoms with van der Waals surface area (Å²) < 4.78 is 6.64. The number of nitrogens with one attached hydrogen (secondary N) is 1. The minimum Gasteiger partial charge on any atom is -0.477 e. The van der Waals surface area contributed by atoms with Crippen molar-refractivity contribution in [3.63, 3.8) is 0 Å². The van der Waals surface area contributed by atoms with Crippen LogP contribution in [0.5, 0.6) is 5.75 Å². The molecule has 1 amide bonds. The summed E-state index contributed by atoms with van der Waals surface area (Å²) in [5, 5.41) is 4.86. The second-order valence-electron chi connectivity index (χ2n) is 5.56. The van der Waals surface area contributed by atoms with Gasteiger partial charge in [0.1, 0.15) is 5.52 Å². The average Bonchev–Trinajstić information content (AvgIpc) is 2.63. The van der Waals surface area contributed by atoms with Gasteiger partial charge in [0.2, 0.25) is 0 Å². The number of ether oxygens (including phenoxy) is 1. The lowest BCUT2D eigenvalue weighted by Gasteiger charge is -2.18. The minimum atomic E-state index is -0.824. The molecule has 0 saturated heterocycles. The first-order chi connectivity index (χ1) is 12.8. The number of pyridine rings is 1. The normalized spacial score (nSPS) is 12.1. The predicted molar refractivity (Wildman–Crippen MR) is 120 cm³/mol. The van der Waals surface area contributed by atoms with Crippen molar-refractivity contribution in [2.75, 3.05) is 5.32 Å². The number of nitrogens with zero attached hydrogens (tertiary/aromatic N) is 1. The monoisotopic (exact) mass is 554 g/mol. The minimum absolute atomic E-state index is 0.276. The maximum absolute atomic E-state index is 12.6. The number of anilines is 1. The van der Waals surface area contributed by atoms with E-state index in [4.69, 9.17) is 51.1 Å². The number of rotatable bonds is 4. The number of benzene rings is 2. The molecule has 0 aliphatic heterocycles. The van der Waals surface area contributed by atoms with Gasteiger partial charge in [-0.25, -0.2) is 0 Å². The summed E-state index contributed by atoms with van der Waals surface area (Å²) in [6.45, 7) is 1.63. The molecule has 1 aromatic heterocycles. The van der Waals surface area contributed by atoms with E-state index < -0.39 is 12.0 Å². The van der Waals surface area contributed by atoms with E-state index in [1.807, 2.05) is 6.07 Å². The van der Waals surface area contributed by atoms with E-state index in [1.54, 1.807) is 25.3 Å². The second-order valence-corrected chi connectivity index (χ2v) is 8.36. The first-order valence-corrected chi connectivity index (χ1v) is 10.2. The van der Waals surface area contributed by atoms with Crippen molar-refractivity contribution < 1.29 is 9.53 Å². The lowest BCUT2D eigenvalue weighted by atomic mass is 10.2. The Morgan fingerprint density at radius 2 is 1.81 bits per heavy atom. The van der Waals surface area contributed by atoms with Gasteiger partial charge in [0.15, 0.2) is 11.9 Å². The van der Waals surface area contributed by atoms with Crippen LogP contribution >= 0.6 is 69.0 Å². The molecule has 0 radical (unpaired) electrons. The van der Waals surface area contributed by atoms with Crippen molar-refractivity contribution in [2.45, 2.75) is 13.0 Å². The van der Waals surface area contributed by atoms with E-state index in [-0.39, 0.29) is 10.0 Å². The van der Waals surface area contributed by atoms with Crippen molar-refractivity contribution >= 4 is 91.5 Å². The SMILES string of the molecule is C[C@@H](Oc1c(I)cc(Cl)c2cccnc12)C(=O)Nc1cc(Cl)c(Cl)cc1Cl. The lowest BCUT2D eigenvalue weighted by molar-refractivity contribution is -0.122. The average molecular weight is 556 g/mol. The quantitative estimate of drug-likeness (QED) is 0.283. The summed E-state index contributed by atoms with van der Waals surface area (Å²) in [6.07, 6.45) is 0.817. The lowest BCUT2D eigenvalue weighted by Crippen LogP contribution is -2.30. The third-order valence-electron chi connectivity index (χ3n) is 3.68. The van der Waals surface area contributed by atoms with Crippen LogP contribution < -0.4 is 10.1 Å². The van der Waals surface area contributed by atoms with E-state index in [0.29, 0.717) is 27.0 Å². The third-order valence-corrected chi connectivity index (χ3v) is 5.83. The number of hydrogen-bond acceptors (Lipinski definition) is 3. The molecule has 140 valence electrons. The largest absolute Gasteiger partial charge is 0.477 e. The third kappa shape index (κ3) is 4.54. The van der Waals surface area contributed by atoms with Gasteiger partial charge in [-0.3, -0.25) is 9.78 Å². The van der Waals surface area contributed by atoms with Crippen LogP contribution in [0.4, 0.5) is 5.69 Å².